The zero-order chi connectivity index (χ0) is 15.2. The predicted octanol–water partition coefficient (Wildman–Crippen LogP) is 5.00. The van der Waals surface area contributed by atoms with Crippen LogP contribution < -0.4 is 10.1 Å². The first-order valence-corrected chi connectivity index (χ1v) is 8.12. The lowest BCUT2D eigenvalue weighted by atomic mass is 9.98. The van der Waals surface area contributed by atoms with E-state index in [0.29, 0.717) is 0 Å². The normalized spacial score (nSPS) is 12.2. The second-order valence-electron chi connectivity index (χ2n) is 4.83. The van der Waals surface area contributed by atoms with E-state index in [1.165, 1.54) is 5.56 Å². The lowest BCUT2D eigenvalue weighted by molar-refractivity contribution is 0.414. The Hall–Kier alpha value is -1.03. The molecule has 2 nitrogen and oxygen atoms in total. The van der Waals surface area contributed by atoms with Gasteiger partial charge in [0, 0.05) is 15.5 Å². The molecule has 1 N–H and O–H groups in total. The summed E-state index contributed by atoms with van der Waals surface area (Å²) < 4.78 is 6.30. The fourth-order valence-corrected chi connectivity index (χ4v) is 2.88. The highest BCUT2D eigenvalue weighted by Gasteiger charge is 2.15. The van der Waals surface area contributed by atoms with Gasteiger partial charge in [-0.2, -0.15) is 0 Å². The van der Waals surface area contributed by atoms with Crippen LogP contribution in [-0.2, 0) is 6.42 Å². The molecule has 0 amide bonds. The molecule has 1 atom stereocenters. The van der Waals surface area contributed by atoms with Crippen molar-refractivity contribution < 1.29 is 4.74 Å². The van der Waals surface area contributed by atoms with Crippen LogP contribution in [0.25, 0.3) is 0 Å². The Morgan fingerprint density at radius 1 is 1.19 bits per heavy atom. The van der Waals surface area contributed by atoms with E-state index in [0.717, 1.165) is 33.8 Å². The van der Waals surface area contributed by atoms with E-state index in [-0.39, 0.29) is 6.04 Å². The summed E-state index contributed by atoms with van der Waals surface area (Å²) in [5, 5.41) is 4.24. The molecule has 21 heavy (non-hydrogen) atoms. The molecule has 0 bridgehead atoms. The van der Waals surface area contributed by atoms with Crippen molar-refractivity contribution in [2.45, 2.75) is 19.4 Å². The molecule has 2 aromatic carbocycles. The SMILES string of the molecule is CCNC(Cc1ccc(Br)cc1)c1ccc(OC)cc1Cl. The van der Waals surface area contributed by atoms with Gasteiger partial charge in [-0.3, -0.25) is 0 Å². The van der Waals surface area contributed by atoms with Crippen LogP contribution in [0, 0.1) is 0 Å². The Balaban J connectivity index is 2.24. The summed E-state index contributed by atoms with van der Waals surface area (Å²) in [7, 11) is 1.65. The third kappa shape index (κ3) is 4.47. The highest BCUT2D eigenvalue weighted by Crippen LogP contribution is 2.29. The number of halogens is 2. The summed E-state index contributed by atoms with van der Waals surface area (Å²) in [4.78, 5) is 0. The van der Waals surface area contributed by atoms with Gasteiger partial charge in [0.25, 0.3) is 0 Å². The van der Waals surface area contributed by atoms with Gasteiger partial charge in [-0.1, -0.05) is 52.7 Å². The van der Waals surface area contributed by atoms with Crippen molar-refractivity contribution in [1.29, 1.82) is 0 Å². The van der Waals surface area contributed by atoms with Crippen LogP contribution in [0.1, 0.15) is 24.1 Å². The topological polar surface area (TPSA) is 21.3 Å². The van der Waals surface area contributed by atoms with Crippen molar-refractivity contribution in [3.63, 3.8) is 0 Å². The Labute approximate surface area is 139 Å². The summed E-state index contributed by atoms with van der Waals surface area (Å²) in [5.41, 5.74) is 2.37. The fraction of sp³-hybridized carbons (Fsp3) is 0.294. The monoisotopic (exact) mass is 367 g/mol. The van der Waals surface area contributed by atoms with Gasteiger partial charge in [0.1, 0.15) is 5.75 Å². The van der Waals surface area contributed by atoms with Crippen LogP contribution in [0.4, 0.5) is 0 Å². The number of rotatable bonds is 6. The third-order valence-corrected chi connectivity index (χ3v) is 4.24. The van der Waals surface area contributed by atoms with E-state index in [1.54, 1.807) is 7.11 Å². The van der Waals surface area contributed by atoms with E-state index in [1.807, 2.05) is 18.2 Å². The van der Waals surface area contributed by atoms with Crippen molar-refractivity contribution in [3.8, 4) is 5.75 Å². The van der Waals surface area contributed by atoms with Crippen LogP contribution in [-0.4, -0.2) is 13.7 Å². The first kappa shape index (κ1) is 16.3. The molecular weight excluding hydrogens is 350 g/mol. The van der Waals surface area contributed by atoms with Crippen LogP contribution in [0.2, 0.25) is 5.02 Å². The zero-order valence-corrected chi connectivity index (χ0v) is 14.5. The molecular formula is C17H19BrClNO. The fourth-order valence-electron chi connectivity index (χ4n) is 2.31. The molecule has 0 aliphatic heterocycles. The maximum atomic E-state index is 6.40. The average Bonchev–Trinajstić information content (AvgIpc) is 2.49. The smallest absolute Gasteiger partial charge is 0.120 e. The Bertz CT molecular complexity index is 586. The van der Waals surface area contributed by atoms with Crippen LogP contribution in [0.3, 0.4) is 0 Å². The number of hydrogen-bond donors (Lipinski definition) is 1. The van der Waals surface area contributed by atoms with Gasteiger partial charge >= 0.3 is 0 Å². The van der Waals surface area contributed by atoms with Crippen molar-refractivity contribution in [1.82, 2.24) is 5.32 Å². The summed E-state index contributed by atoms with van der Waals surface area (Å²) >= 11 is 9.87. The third-order valence-electron chi connectivity index (χ3n) is 3.39. The van der Waals surface area contributed by atoms with Gasteiger partial charge < -0.3 is 10.1 Å². The molecule has 0 aliphatic rings. The van der Waals surface area contributed by atoms with Gasteiger partial charge in [0.2, 0.25) is 0 Å². The maximum absolute atomic E-state index is 6.40. The summed E-state index contributed by atoms with van der Waals surface area (Å²) in [6.45, 7) is 3.00. The molecule has 0 aromatic heterocycles. The Morgan fingerprint density at radius 2 is 1.90 bits per heavy atom. The Kier molecular flexibility index (Phi) is 6.09. The van der Waals surface area contributed by atoms with Gasteiger partial charge in [-0.15, -0.1) is 0 Å². The summed E-state index contributed by atoms with van der Waals surface area (Å²) in [6, 6.07) is 14.4. The number of likely N-dealkylation sites (N-methyl/N-ethyl adjacent to an activating group) is 1. The number of benzene rings is 2. The van der Waals surface area contributed by atoms with Crippen LogP contribution in [0.5, 0.6) is 5.75 Å². The number of hydrogen-bond acceptors (Lipinski definition) is 2. The second kappa shape index (κ2) is 7.83. The van der Waals surface area contributed by atoms with Crippen LogP contribution >= 0.6 is 27.5 Å². The summed E-state index contributed by atoms with van der Waals surface area (Å²) in [5.74, 6) is 0.780. The van der Waals surface area contributed by atoms with Gasteiger partial charge in [-0.25, -0.2) is 0 Å². The molecule has 112 valence electrons. The van der Waals surface area contributed by atoms with Crippen molar-refractivity contribution >= 4 is 27.5 Å². The van der Waals surface area contributed by atoms with Gasteiger partial charge in [0.15, 0.2) is 0 Å². The minimum atomic E-state index is 0.189. The number of methoxy groups -OCH3 is 1. The average molecular weight is 369 g/mol. The molecule has 0 aliphatic carbocycles. The molecule has 2 rings (SSSR count). The molecule has 0 saturated heterocycles. The molecule has 2 aromatic rings. The molecule has 0 saturated carbocycles. The minimum Gasteiger partial charge on any atom is -0.497 e. The van der Waals surface area contributed by atoms with E-state index in [4.69, 9.17) is 16.3 Å². The van der Waals surface area contributed by atoms with Crippen molar-refractivity contribution in [2.24, 2.45) is 0 Å². The predicted molar refractivity (Wildman–Crippen MR) is 92.3 cm³/mol. The highest BCUT2D eigenvalue weighted by atomic mass is 79.9. The first-order chi connectivity index (χ1) is 10.1. The molecule has 0 radical (unpaired) electrons. The number of ether oxygens (including phenoxy) is 1. The first-order valence-electron chi connectivity index (χ1n) is 6.95. The molecule has 1 unspecified atom stereocenters. The molecule has 0 fully saturated rings. The highest BCUT2D eigenvalue weighted by molar-refractivity contribution is 9.10. The second-order valence-corrected chi connectivity index (χ2v) is 6.15. The summed E-state index contributed by atoms with van der Waals surface area (Å²) in [6.07, 6.45) is 0.896. The Morgan fingerprint density at radius 3 is 2.48 bits per heavy atom. The van der Waals surface area contributed by atoms with E-state index in [9.17, 15) is 0 Å². The van der Waals surface area contributed by atoms with Gasteiger partial charge in [0.05, 0.1) is 7.11 Å². The van der Waals surface area contributed by atoms with E-state index < -0.39 is 0 Å². The maximum Gasteiger partial charge on any atom is 0.120 e. The zero-order valence-electron chi connectivity index (χ0n) is 12.2. The van der Waals surface area contributed by atoms with Crippen molar-refractivity contribution in [2.75, 3.05) is 13.7 Å². The van der Waals surface area contributed by atoms with E-state index in [2.05, 4.69) is 52.4 Å². The molecule has 0 spiro atoms. The molecule has 4 heteroatoms. The van der Waals surface area contributed by atoms with E-state index >= 15 is 0 Å². The minimum absolute atomic E-state index is 0.189. The van der Waals surface area contributed by atoms with Crippen molar-refractivity contribution in [3.05, 3.63) is 63.1 Å². The number of nitrogens with one attached hydrogen (secondary N) is 1. The lowest BCUT2D eigenvalue weighted by Gasteiger charge is -2.20. The quantitative estimate of drug-likeness (QED) is 0.774. The standard InChI is InChI=1S/C17H19BrClNO/c1-3-20-17(10-12-4-6-13(18)7-5-12)15-9-8-14(21-2)11-16(15)19/h4-9,11,17,20H,3,10H2,1-2H3. The lowest BCUT2D eigenvalue weighted by Crippen LogP contribution is -2.23. The van der Waals surface area contributed by atoms with Gasteiger partial charge in [-0.05, 0) is 48.4 Å². The largest absolute Gasteiger partial charge is 0.497 e. The molecule has 0 heterocycles. The van der Waals surface area contributed by atoms with Crippen LogP contribution in [0.15, 0.2) is 46.9 Å².